The number of pyridine rings is 1. The molecule has 0 amide bonds. The van der Waals surface area contributed by atoms with E-state index >= 15 is 0 Å². The molecule has 0 aromatic carbocycles. The molecule has 41 heavy (non-hydrogen) atoms. The van der Waals surface area contributed by atoms with Crippen LogP contribution in [0.2, 0.25) is 0 Å². The number of hydrogen-bond acceptors (Lipinski definition) is 9. The number of anilines is 1. The number of nitrogens with zero attached hydrogens (tertiary/aromatic N) is 5. The van der Waals surface area contributed by atoms with Gasteiger partial charge in [-0.3, -0.25) is 9.55 Å². The number of hydrogen-bond donors (Lipinski definition) is 2. The number of rotatable bonds is 23. The number of imidazole rings is 1. The van der Waals surface area contributed by atoms with Gasteiger partial charge in [0.1, 0.15) is 18.2 Å². The van der Waals surface area contributed by atoms with Crippen LogP contribution >= 0.6 is 7.60 Å². The van der Waals surface area contributed by atoms with E-state index in [1.165, 1.54) is 69.7 Å². The van der Waals surface area contributed by atoms with E-state index in [1.807, 2.05) is 18.5 Å². The molecule has 11 nitrogen and oxygen atoms in total. The lowest BCUT2D eigenvalue weighted by molar-refractivity contribution is 0.0688. The van der Waals surface area contributed by atoms with E-state index in [9.17, 15) is 9.46 Å². The fourth-order valence-electron chi connectivity index (χ4n) is 4.58. The van der Waals surface area contributed by atoms with E-state index in [0.717, 1.165) is 12.8 Å². The summed E-state index contributed by atoms with van der Waals surface area (Å²) < 4.78 is 30.4. The Morgan fingerprint density at radius 2 is 1.66 bits per heavy atom. The van der Waals surface area contributed by atoms with Gasteiger partial charge in [-0.05, 0) is 44.2 Å². The number of nitrogen functional groups attached to an aromatic ring is 1. The highest BCUT2D eigenvalue weighted by Gasteiger charge is 2.21. The molecule has 0 saturated heterocycles. The summed E-state index contributed by atoms with van der Waals surface area (Å²) in [7, 11) is -3.84. The van der Waals surface area contributed by atoms with Gasteiger partial charge in [0.2, 0.25) is 0 Å². The zero-order valence-electron chi connectivity index (χ0n) is 24.4. The molecule has 1 unspecified atom stereocenters. The van der Waals surface area contributed by atoms with Gasteiger partial charge in [-0.1, -0.05) is 57.4 Å². The lowest BCUT2D eigenvalue weighted by Gasteiger charge is -2.17. The van der Waals surface area contributed by atoms with Crippen molar-refractivity contribution in [3.8, 4) is 0 Å². The maximum absolute atomic E-state index is 12.3. The first-order valence-corrected chi connectivity index (χ1v) is 16.7. The summed E-state index contributed by atoms with van der Waals surface area (Å²) in [6, 6.07) is 4.17. The zero-order chi connectivity index (χ0) is 29.2. The van der Waals surface area contributed by atoms with Crippen LogP contribution in [-0.2, 0) is 31.5 Å². The SMILES string of the molecule is C[C@H](Cn1cnc2c(N)ncnc21)OCP(=O)(O)OCCCOCCCCCCCCCCCCc1cccnc1. The summed E-state index contributed by atoms with van der Waals surface area (Å²) in [6.07, 6.45) is 20.3. The van der Waals surface area contributed by atoms with Gasteiger partial charge in [0.05, 0.1) is 25.6 Å². The van der Waals surface area contributed by atoms with E-state index in [4.69, 9.17) is 19.7 Å². The van der Waals surface area contributed by atoms with Crippen LogP contribution in [0.15, 0.2) is 37.2 Å². The number of aryl methyl sites for hydroxylation is 1. The van der Waals surface area contributed by atoms with Crippen molar-refractivity contribution in [2.24, 2.45) is 0 Å². The van der Waals surface area contributed by atoms with Crippen molar-refractivity contribution < 1.29 is 23.5 Å². The molecule has 3 heterocycles. The molecule has 0 aliphatic carbocycles. The maximum atomic E-state index is 12.3. The topological polar surface area (TPSA) is 148 Å². The molecule has 12 heteroatoms. The number of unbranched alkanes of at least 4 members (excludes halogenated alkanes) is 9. The Morgan fingerprint density at radius 3 is 2.39 bits per heavy atom. The summed E-state index contributed by atoms with van der Waals surface area (Å²) in [5.74, 6) is 0.306. The Labute approximate surface area is 243 Å². The van der Waals surface area contributed by atoms with Gasteiger partial charge in [0.15, 0.2) is 11.5 Å². The van der Waals surface area contributed by atoms with Gasteiger partial charge in [0, 0.05) is 25.6 Å². The third-order valence-corrected chi connectivity index (χ3v) is 7.92. The molecule has 0 fully saturated rings. The van der Waals surface area contributed by atoms with Crippen molar-refractivity contribution in [3.05, 3.63) is 42.7 Å². The predicted octanol–water partition coefficient (Wildman–Crippen LogP) is 5.92. The van der Waals surface area contributed by atoms with Crippen LogP contribution in [0.4, 0.5) is 5.82 Å². The van der Waals surface area contributed by atoms with Gasteiger partial charge in [0.25, 0.3) is 0 Å². The Balaban J connectivity index is 1.08. The Kier molecular flexibility index (Phi) is 15.2. The van der Waals surface area contributed by atoms with E-state index in [-0.39, 0.29) is 19.1 Å². The van der Waals surface area contributed by atoms with Crippen molar-refractivity contribution in [3.63, 3.8) is 0 Å². The van der Waals surface area contributed by atoms with Crippen LogP contribution in [0.5, 0.6) is 0 Å². The van der Waals surface area contributed by atoms with Gasteiger partial charge < -0.3 is 29.2 Å². The van der Waals surface area contributed by atoms with Gasteiger partial charge in [-0.15, -0.1) is 0 Å². The predicted molar refractivity (Wildman–Crippen MR) is 160 cm³/mol. The van der Waals surface area contributed by atoms with Crippen LogP contribution in [0.3, 0.4) is 0 Å². The molecular formula is C29H47N6O5P. The summed E-state index contributed by atoms with van der Waals surface area (Å²) >= 11 is 0. The van der Waals surface area contributed by atoms with Crippen molar-refractivity contribution in [1.29, 1.82) is 0 Å². The zero-order valence-corrected chi connectivity index (χ0v) is 25.3. The molecular weight excluding hydrogens is 543 g/mol. The lowest BCUT2D eigenvalue weighted by atomic mass is 10.0. The number of aromatic nitrogens is 5. The minimum Gasteiger partial charge on any atom is -0.382 e. The van der Waals surface area contributed by atoms with Gasteiger partial charge in [-0.25, -0.2) is 15.0 Å². The normalized spacial score (nSPS) is 13.9. The van der Waals surface area contributed by atoms with Crippen LogP contribution in [-0.4, -0.2) is 61.7 Å². The maximum Gasteiger partial charge on any atom is 0.353 e. The average molecular weight is 591 g/mol. The van der Waals surface area contributed by atoms with E-state index in [1.54, 1.807) is 17.8 Å². The fraction of sp³-hybridized carbons (Fsp3) is 0.655. The second-order valence-electron chi connectivity index (χ2n) is 10.5. The highest BCUT2D eigenvalue weighted by molar-refractivity contribution is 7.52. The molecule has 2 atom stereocenters. The fourth-order valence-corrected chi connectivity index (χ4v) is 5.52. The largest absolute Gasteiger partial charge is 0.382 e. The molecule has 0 radical (unpaired) electrons. The minimum atomic E-state index is -3.84. The van der Waals surface area contributed by atoms with E-state index < -0.39 is 7.60 Å². The average Bonchev–Trinajstić information content (AvgIpc) is 3.38. The Bertz CT molecular complexity index is 1170. The van der Waals surface area contributed by atoms with E-state index in [2.05, 4.69) is 26.0 Å². The third-order valence-electron chi connectivity index (χ3n) is 6.86. The highest BCUT2D eigenvalue weighted by atomic mass is 31.2. The molecule has 0 aliphatic rings. The minimum absolute atomic E-state index is 0.150. The first-order chi connectivity index (χ1) is 19.9. The van der Waals surface area contributed by atoms with Gasteiger partial charge in [-0.2, -0.15) is 0 Å². The summed E-state index contributed by atoms with van der Waals surface area (Å²) in [4.78, 5) is 26.6. The smallest absolute Gasteiger partial charge is 0.353 e. The monoisotopic (exact) mass is 590 g/mol. The third kappa shape index (κ3) is 13.4. The Morgan fingerprint density at radius 1 is 0.951 bits per heavy atom. The molecule has 0 saturated carbocycles. The molecule has 0 bridgehead atoms. The van der Waals surface area contributed by atoms with E-state index in [0.29, 0.717) is 43.2 Å². The second kappa shape index (κ2) is 18.9. The lowest BCUT2D eigenvalue weighted by Crippen LogP contribution is -2.17. The van der Waals surface area contributed by atoms with Crippen molar-refractivity contribution in [1.82, 2.24) is 24.5 Å². The second-order valence-corrected chi connectivity index (χ2v) is 12.3. The molecule has 228 valence electrons. The number of nitrogens with two attached hydrogens (primary N) is 1. The number of ether oxygens (including phenoxy) is 2. The first-order valence-electron chi connectivity index (χ1n) is 14.9. The first kappa shape index (κ1) is 33.1. The van der Waals surface area contributed by atoms with Crippen LogP contribution in [0.25, 0.3) is 11.2 Å². The quantitative estimate of drug-likeness (QED) is 0.101. The van der Waals surface area contributed by atoms with Crippen LogP contribution in [0.1, 0.15) is 83.1 Å². The van der Waals surface area contributed by atoms with Crippen LogP contribution in [0, 0.1) is 0 Å². The molecule has 0 aliphatic heterocycles. The summed E-state index contributed by atoms with van der Waals surface area (Å²) in [6.45, 7) is 3.58. The molecule has 3 aromatic heterocycles. The van der Waals surface area contributed by atoms with Gasteiger partial charge >= 0.3 is 7.60 Å². The molecule has 3 rings (SSSR count). The van der Waals surface area contributed by atoms with Crippen molar-refractivity contribution in [2.75, 3.05) is 31.9 Å². The standard InChI is InChI=1S/C29H47N6O5P/c1-25(21-35-23-34-27-28(30)32-22-33-29(27)35)39-24-41(36,37)40-19-13-18-38-17-11-9-7-5-3-2-4-6-8-10-14-26-15-12-16-31-20-26/h12,15-16,20,22-23,25H,2-11,13-14,17-19,21,24H2,1H3,(H,36,37)(H2,30,32,33)/t25-/m1/s1. The molecule has 3 N–H and O–H groups in total. The molecule has 3 aromatic rings. The van der Waals surface area contributed by atoms with Crippen LogP contribution < -0.4 is 5.73 Å². The van der Waals surface area contributed by atoms with Crippen molar-refractivity contribution >= 4 is 24.6 Å². The Hall–Kier alpha value is -2.43. The summed E-state index contributed by atoms with van der Waals surface area (Å²) in [5.41, 5.74) is 8.25. The summed E-state index contributed by atoms with van der Waals surface area (Å²) in [5, 5.41) is 0. The molecule has 0 spiro atoms. The highest BCUT2D eigenvalue weighted by Crippen LogP contribution is 2.42. The van der Waals surface area contributed by atoms with Crippen molar-refractivity contribution in [2.45, 2.75) is 96.6 Å². The number of fused-ring (bicyclic) bond motifs is 1.